The van der Waals surface area contributed by atoms with Crippen molar-refractivity contribution in [1.29, 1.82) is 0 Å². The molecule has 0 spiro atoms. The third kappa shape index (κ3) is 4.71. The molecule has 0 unspecified atom stereocenters. The number of nitrogens with two attached hydrogens (primary N) is 1. The first-order chi connectivity index (χ1) is 14.7. The molecule has 3 heterocycles. The number of benzene rings is 1. The quantitative estimate of drug-likeness (QED) is 0.741. The summed E-state index contributed by atoms with van der Waals surface area (Å²) in [6.45, 7) is 6.50. The molecule has 9 heteroatoms. The number of aromatic nitrogens is 2. The third-order valence-corrected chi connectivity index (χ3v) is 6.51. The Labute approximate surface area is 187 Å². The molecule has 3 N–H and O–H groups in total. The summed E-state index contributed by atoms with van der Waals surface area (Å²) in [5.74, 6) is 0.440. The van der Waals surface area contributed by atoms with Gasteiger partial charge in [0.15, 0.2) is 5.82 Å². The van der Waals surface area contributed by atoms with Gasteiger partial charge in [-0.3, -0.25) is 0 Å². The molecule has 1 aromatic heterocycles. The minimum Gasteiger partial charge on any atom is -0.390 e. The van der Waals surface area contributed by atoms with Gasteiger partial charge < -0.3 is 25.4 Å². The van der Waals surface area contributed by atoms with Crippen molar-refractivity contribution in [3.05, 3.63) is 40.3 Å². The second kappa shape index (κ2) is 8.76. The molecule has 0 aliphatic carbocycles. The number of anilines is 3. The number of halogens is 2. The summed E-state index contributed by atoms with van der Waals surface area (Å²) < 4.78 is 21.2. The highest BCUT2D eigenvalue weighted by Gasteiger charge is 2.32. The van der Waals surface area contributed by atoms with Crippen LogP contribution in [0.15, 0.2) is 18.2 Å². The van der Waals surface area contributed by atoms with Crippen LogP contribution in [-0.4, -0.2) is 53.5 Å². The number of piperidine rings is 1. The molecule has 2 aliphatic rings. The van der Waals surface area contributed by atoms with Gasteiger partial charge in [-0.05, 0) is 44.7 Å². The van der Waals surface area contributed by atoms with Crippen LogP contribution in [0, 0.1) is 12.7 Å². The molecule has 2 saturated heterocycles. The molecule has 168 valence electrons. The van der Waals surface area contributed by atoms with Crippen LogP contribution in [0.1, 0.15) is 43.5 Å². The summed E-state index contributed by atoms with van der Waals surface area (Å²) >= 11 is 6.58. The van der Waals surface area contributed by atoms with Gasteiger partial charge >= 0.3 is 0 Å². The van der Waals surface area contributed by atoms with Gasteiger partial charge in [-0.2, -0.15) is 4.98 Å². The largest absolute Gasteiger partial charge is 0.390 e. The van der Waals surface area contributed by atoms with Crippen molar-refractivity contribution in [3.63, 3.8) is 0 Å². The Kier molecular flexibility index (Phi) is 6.23. The fourth-order valence-corrected chi connectivity index (χ4v) is 4.60. The lowest BCUT2D eigenvalue weighted by Gasteiger charge is -2.37. The Morgan fingerprint density at radius 1 is 1.26 bits per heavy atom. The van der Waals surface area contributed by atoms with E-state index in [9.17, 15) is 5.11 Å². The number of hydrogen-bond acceptors (Lipinski definition) is 7. The van der Waals surface area contributed by atoms with E-state index in [4.69, 9.17) is 22.1 Å². The smallest absolute Gasteiger partial charge is 0.222 e. The number of nitrogens with zero attached hydrogens (tertiary/aromatic N) is 4. The topological polar surface area (TPSA) is 87.7 Å². The third-order valence-electron chi connectivity index (χ3n) is 6.12. The summed E-state index contributed by atoms with van der Waals surface area (Å²) in [6, 6.07) is 5.22. The van der Waals surface area contributed by atoms with Crippen molar-refractivity contribution < 1.29 is 14.2 Å². The summed E-state index contributed by atoms with van der Waals surface area (Å²) in [6.07, 6.45) is 1.99. The molecule has 0 saturated carbocycles. The van der Waals surface area contributed by atoms with E-state index in [0.29, 0.717) is 62.8 Å². The molecule has 4 rings (SSSR count). The first kappa shape index (κ1) is 22.0. The van der Waals surface area contributed by atoms with Gasteiger partial charge in [-0.1, -0.05) is 17.7 Å². The standard InChI is InChI=1S/C22H29ClFN5O2/c1-14-12-18(27-21(25)26-14)29-8-3-11-31-13-17(29)15-4-5-16(20(24)19(15)23)28-9-6-22(2,30)7-10-28/h4-5,12,17,30H,3,6-11,13H2,1-2H3,(H2,25,26,27)/t17-/m1/s1. The number of hydrogen-bond donors (Lipinski definition) is 2. The van der Waals surface area contributed by atoms with Gasteiger partial charge in [-0.15, -0.1) is 0 Å². The summed E-state index contributed by atoms with van der Waals surface area (Å²) in [5, 5.41) is 10.3. The SMILES string of the molecule is Cc1cc(N2CCCOC[C@@H]2c2ccc(N3CCC(C)(O)CC3)c(F)c2Cl)nc(N)n1. The van der Waals surface area contributed by atoms with E-state index in [0.717, 1.165) is 12.1 Å². The van der Waals surface area contributed by atoms with Gasteiger partial charge in [0.2, 0.25) is 5.95 Å². The molecule has 2 aromatic rings. The second-order valence-corrected chi connectivity index (χ2v) is 9.03. The van der Waals surface area contributed by atoms with Crippen LogP contribution in [0.25, 0.3) is 0 Å². The monoisotopic (exact) mass is 449 g/mol. The highest BCUT2D eigenvalue weighted by atomic mass is 35.5. The molecule has 0 radical (unpaired) electrons. The van der Waals surface area contributed by atoms with E-state index < -0.39 is 11.4 Å². The van der Waals surface area contributed by atoms with E-state index >= 15 is 4.39 Å². The normalized spacial score (nSPS) is 21.8. The van der Waals surface area contributed by atoms with E-state index in [1.165, 1.54) is 0 Å². The maximum Gasteiger partial charge on any atom is 0.222 e. The van der Waals surface area contributed by atoms with Gasteiger partial charge in [-0.25, -0.2) is 9.37 Å². The van der Waals surface area contributed by atoms with Crippen molar-refractivity contribution in [2.45, 2.75) is 44.8 Å². The average Bonchev–Trinajstić information content (AvgIpc) is 2.96. The zero-order chi connectivity index (χ0) is 22.2. The maximum absolute atomic E-state index is 15.4. The molecule has 2 aliphatic heterocycles. The van der Waals surface area contributed by atoms with E-state index in [-0.39, 0.29) is 17.0 Å². The number of rotatable bonds is 3. The van der Waals surface area contributed by atoms with Gasteiger partial charge in [0.25, 0.3) is 0 Å². The van der Waals surface area contributed by atoms with Crippen LogP contribution in [-0.2, 0) is 4.74 Å². The van der Waals surface area contributed by atoms with E-state index in [2.05, 4.69) is 14.9 Å². The van der Waals surface area contributed by atoms with Gasteiger partial charge in [0, 0.05) is 38.0 Å². The Balaban J connectivity index is 1.67. The summed E-state index contributed by atoms with van der Waals surface area (Å²) in [7, 11) is 0. The Hall–Kier alpha value is -2.16. The Bertz CT molecular complexity index is 927. The van der Waals surface area contributed by atoms with Crippen molar-refractivity contribution in [2.24, 2.45) is 0 Å². The number of ether oxygens (including phenoxy) is 1. The minimum absolute atomic E-state index is 0.0917. The first-order valence-corrected chi connectivity index (χ1v) is 11.0. The summed E-state index contributed by atoms with van der Waals surface area (Å²) in [5.41, 5.74) is 7.06. The molecule has 1 aromatic carbocycles. The Morgan fingerprint density at radius 2 is 2.00 bits per heavy atom. The predicted molar refractivity (Wildman–Crippen MR) is 120 cm³/mol. The number of aliphatic hydroxyl groups is 1. The van der Waals surface area contributed by atoms with Crippen LogP contribution in [0.5, 0.6) is 0 Å². The molecule has 7 nitrogen and oxygen atoms in total. The van der Waals surface area contributed by atoms with Gasteiger partial charge in [0.1, 0.15) is 5.82 Å². The molecule has 31 heavy (non-hydrogen) atoms. The van der Waals surface area contributed by atoms with Crippen LogP contribution < -0.4 is 15.5 Å². The molecular formula is C22H29ClFN5O2. The maximum atomic E-state index is 15.4. The number of aryl methyl sites for hydroxylation is 1. The minimum atomic E-state index is -0.702. The van der Waals surface area contributed by atoms with Crippen molar-refractivity contribution in [2.75, 3.05) is 48.4 Å². The molecule has 0 bridgehead atoms. The summed E-state index contributed by atoms with van der Waals surface area (Å²) in [4.78, 5) is 12.6. The highest BCUT2D eigenvalue weighted by molar-refractivity contribution is 6.32. The van der Waals surface area contributed by atoms with Gasteiger partial charge in [0.05, 0.1) is 29.0 Å². The Morgan fingerprint density at radius 3 is 2.71 bits per heavy atom. The zero-order valence-corrected chi connectivity index (χ0v) is 18.7. The lowest BCUT2D eigenvalue weighted by Crippen LogP contribution is -2.42. The molecule has 0 amide bonds. The van der Waals surface area contributed by atoms with E-state index in [1.54, 1.807) is 6.07 Å². The van der Waals surface area contributed by atoms with Crippen LogP contribution in [0.4, 0.5) is 21.8 Å². The predicted octanol–water partition coefficient (Wildman–Crippen LogP) is 3.48. The van der Waals surface area contributed by atoms with Crippen LogP contribution in [0.2, 0.25) is 5.02 Å². The lowest BCUT2D eigenvalue weighted by molar-refractivity contribution is 0.0350. The second-order valence-electron chi connectivity index (χ2n) is 8.65. The molecular weight excluding hydrogens is 421 g/mol. The highest BCUT2D eigenvalue weighted by Crippen LogP contribution is 2.38. The zero-order valence-electron chi connectivity index (χ0n) is 17.9. The molecule has 2 fully saturated rings. The fraction of sp³-hybridized carbons (Fsp3) is 0.545. The first-order valence-electron chi connectivity index (χ1n) is 10.7. The van der Waals surface area contributed by atoms with Crippen molar-refractivity contribution in [1.82, 2.24) is 9.97 Å². The van der Waals surface area contributed by atoms with Crippen LogP contribution in [0.3, 0.4) is 0 Å². The van der Waals surface area contributed by atoms with Crippen molar-refractivity contribution >= 4 is 29.1 Å². The van der Waals surface area contributed by atoms with Crippen LogP contribution >= 0.6 is 11.6 Å². The van der Waals surface area contributed by atoms with Crippen molar-refractivity contribution in [3.8, 4) is 0 Å². The average molecular weight is 450 g/mol. The fourth-order valence-electron chi connectivity index (χ4n) is 4.32. The lowest BCUT2D eigenvalue weighted by atomic mass is 9.93. The molecule has 1 atom stereocenters. The number of nitrogen functional groups attached to an aromatic ring is 1. The van der Waals surface area contributed by atoms with E-state index in [1.807, 2.05) is 30.9 Å².